The molecule has 1 N–H and O–H groups in total. The molecule has 0 saturated heterocycles. The van der Waals surface area contributed by atoms with Gasteiger partial charge < -0.3 is 14.8 Å². The summed E-state index contributed by atoms with van der Waals surface area (Å²) >= 11 is 0. The quantitative estimate of drug-likeness (QED) is 0.691. The van der Waals surface area contributed by atoms with Gasteiger partial charge in [0.1, 0.15) is 17.5 Å². The van der Waals surface area contributed by atoms with Crippen LogP contribution in [0.1, 0.15) is 20.8 Å². The van der Waals surface area contributed by atoms with Crippen molar-refractivity contribution in [1.82, 2.24) is 0 Å². The zero-order valence-electron chi connectivity index (χ0n) is 16.5. The van der Waals surface area contributed by atoms with Gasteiger partial charge in [0.15, 0.2) is 0 Å². The van der Waals surface area contributed by atoms with Gasteiger partial charge in [0.05, 0.1) is 30.8 Å². The second-order valence-corrected chi connectivity index (χ2v) is 7.94. The number of ether oxygens (including phenoxy) is 2. The summed E-state index contributed by atoms with van der Waals surface area (Å²) in [6.45, 7) is 6.20. The number of sulfonamides is 1. The molecular weight excluding hydrogens is 380 g/mol. The maximum absolute atomic E-state index is 12.8. The highest BCUT2D eigenvalue weighted by molar-refractivity contribution is 7.92. The van der Waals surface area contributed by atoms with Gasteiger partial charge in [-0.25, -0.2) is 8.42 Å². The van der Waals surface area contributed by atoms with Crippen molar-refractivity contribution in [3.8, 4) is 11.5 Å². The van der Waals surface area contributed by atoms with Gasteiger partial charge in [-0.3, -0.25) is 9.10 Å². The van der Waals surface area contributed by atoms with Crippen LogP contribution in [0.2, 0.25) is 0 Å². The largest absolute Gasteiger partial charge is 0.494 e. The summed E-state index contributed by atoms with van der Waals surface area (Å²) in [5, 5.41) is 2.75. The number of nitrogens with one attached hydrogen (secondary N) is 1. The van der Waals surface area contributed by atoms with Crippen LogP contribution in [-0.2, 0) is 14.8 Å². The van der Waals surface area contributed by atoms with E-state index >= 15 is 0 Å². The summed E-state index contributed by atoms with van der Waals surface area (Å²) in [4.78, 5) is 12.8. The van der Waals surface area contributed by atoms with E-state index in [2.05, 4.69) is 5.32 Å². The molecule has 2 aromatic carbocycles. The summed E-state index contributed by atoms with van der Waals surface area (Å²) < 4.78 is 36.8. The minimum Gasteiger partial charge on any atom is -0.494 e. The van der Waals surface area contributed by atoms with Crippen LogP contribution in [0.4, 0.5) is 11.4 Å². The Kier molecular flexibility index (Phi) is 7.28. The number of carbonyl (C=O) groups is 1. The van der Waals surface area contributed by atoms with Gasteiger partial charge in [0.25, 0.3) is 0 Å². The standard InChI is InChI=1S/C20H26N2O5S/c1-5-26-17-13-11-16(12-14-17)22(28(4,24)25)15(3)20(23)21-18-9-7-8-10-19(18)27-6-2/h7-15H,5-6H2,1-4H3,(H,21,23). The number of rotatable bonds is 9. The van der Waals surface area contributed by atoms with Crippen molar-refractivity contribution in [2.24, 2.45) is 0 Å². The summed E-state index contributed by atoms with van der Waals surface area (Å²) in [5.74, 6) is 0.687. The number of anilines is 2. The van der Waals surface area contributed by atoms with Crippen molar-refractivity contribution in [1.29, 1.82) is 0 Å². The normalized spacial score (nSPS) is 12.1. The predicted molar refractivity (Wildman–Crippen MR) is 111 cm³/mol. The Labute approximate surface area is 166 Å². The average Bonchev–Trinajstić information content (AvgIpc) is 2.64. The van der Waals surface area contributed by atoms with Crippen LogP contribution in [0.3, 0.4) is 0 Å². The first-order valence-corrected chi connectivity index (χ1v) is 10.9. The van der Waals surface area contributed by atoms with Crippen LogP contribution in [0.25, 0.3) is 0 Å². The molecule has 28 heavy (non-hydrogen) atoms. The van der Waals surface area contributed by atoms with Crippen LogP contribution in [0.5, 0.6) is 11.5 Å². The predicted octanol–water partition coefficient (Wildman–Crippen LogP) is 3.28. The van der Waals surface area contributed by atoms with Crippen LogP contribution in [0, 0.1) is 0 Å². The number of hydrogen-bond acceptors (Lipinski definition) is 5. The highest BCUT2D eigenvalue weighted by Crippen LogP contribution is 2.27. The molecule has 0 saturated carbocycles. The molecule has 0 aliphatic heterocycles. The fourth-order valence-electron chi connectivity index (χ4n) is 2.75. The lowest BCUT2D eigenvalue weighted by molar-refractivity contribution is -0.116. The molecule has 2 aromatic rings. The van der Waals surface area contributed by atoms with E-state index in [-0.39, 0.29) is 0 Å². The molecule has 8 heteroatoms. The first-order valence-electron chi connectivity index (χ1n) is 9.02. The lowest BCUT2D eigenvalue weighted by Gasteiger charge is -2.28. The van der Waals surface area contributed by atoms with E-state index in [9.17, 15) is 13.2 Å². The maximum Gasteiger partial charge on any atom is 0.248 e. The summed E-state index contributed by atoms with van der Waals surface area (Å²) in [6.07, 6.45) is 1.07. The maximum atomic E-state index is 12.8. The van der Waals surface area contributed by atoms with E-state index in [1.807, 2.05) is 13.8 Å². The molecule has 0 heterocycles. The molecule has 1 amide bonds. The van der Waals surface area contributed by atoms with Gasteiger partial charge >= 0.3 is 0 Å². The zero-order chi connectivity index (χ0) is 20.7. The molecular formula is C20H26N2O5S. The smallest absolute Gasteiger partial charge is 0.248 e. The first kappa shape index (κ1) is 21.6. The zero-order valence-corrected chi connectivity index (χ0v) is 17.3. The Hall–Kier alpha value is -2.74. The Balaban J connectivity index is 2.28. The third-order valence-electron chi connectivity index (χ3n) is 3.94. The van der Waals surface area contributed by atoms with Gasteiger partial charge in [0.2, 0.25) is 15.9 Å². The van der Waals surface area contributed by atoms with Crippen LogP contribution in [-0.4, -0.2) is 39.8 Å². The van der Waals surface area contributed by atoms with Crippen molar-refractivity contribution in [3.05, 3.63) is 48.5 Å². The van der Waals surface area contributed by atoms with E-state index in [1.165, 1.54) is 6.92 Å². The van der Waals surface area contributed by atoms with Gasteiger partial charge in [-0.15, -0.1) is 0 Å². The van der Waals surface area contributed by atoms with Crippen molar-refractivity contribution >= 4 is 27.3 Å². The van der Waals surface area contributed by atoms with Crippen molar-refractivity contribution in [3.63, 3.8) is 0 Å². The number of nitrogens with zero attached hydrogens (tertiary/aromatic N) is 1. The molecule has 1 unspecified atom stereocenters. The minimum absolute atomic E-state index is 0.381. The first-order chi connectivity index (χ1) is 13.3. The van der Waals surface area contributed by atoms with Crippen LogP contribution in [0.15, 0.2) is 48.5 Å². The molecule has 2 rings (SSSR count). The fraction of sp³-hybridized carbons (Fsp3) is 0.350. The Morgan fingerprint density at radius 3 is 2.21 bits per heavy atom. The Morgan fingerprint density at radius 2 is 1.64 bits per heavy atom. The summed E-state index contributed by atoms with van der Waals surface area (Å²) in [5.41, 5.74) is 0.869. The van der Waals surface area contributed by atoms with Gasteiger partial charge in [-0.2, -0.15) is 0 Å². The van der Waals surface area contributed by atoms with E-state index in [1.54, 1.807) is 48.5 Å². The lowest BCUT2D eigenvalue weighted by Crippen LogP contribution is -2.45. The van der Waals surface area contributed by atoms with E-state index in [0.29, 0.717) is 36.1 Å². The molecule has 0 bridgehead atoms. The van der Waals surface area contributed by atoms with Crippen LogP contribution >= 0.6 is 0 Å². The Bertz CT molecular complexity index is 897. The molecule has 152 valence electrons. The van der Waals surface area contributed by atoms with Crippen molar-refractivity contribution in [2.75, 3.05) is 29.1 Å². The van der Waals surface area contributed by atoms with Crippen molar-refractivity contribution < 1.29 is 22.7 Å². The number of amides is 1. The molecule has 7 nitrogen and oxygen atoms in total. The molecule has 0 radical (unpaired) electrons. The molecule has 0 spiro atoms. The fourth-order valence-corrected chi connectivity index (χ4v) is 3.93. The monoisotopic (exact) mass is 406 g/mol. The Morgan fingerprint density at radius 1 is 1.04 bits per heavy atom. The lowest BCUT2D eigenvalue weighted by atomic mass is 10.2. The van der Waals surface area contributed by atoms with E-state index in [4.69, 9.17) is 9.47 Å². The number of benzene rings is 2. The molecule has 0 aliphatic carbocycles. The summed E-state index contributed by atoms with van der Waals surface area (Å²) in [7, 11) is -3.70. The summed E-state index contributed by atoms with van der Waals surface area (Å²) in [6, 6.07) is 12.6. The van der Waals surface area contributed by atoms with E-state index < -0.39 is 22.0 Å². The highest BCUT2D eigenvalue weighted by atomic mass is 32.2. The number of para-hydroxylation sites is 2. The molecule has 0 aromatic heterocycles. The van der Waals surface area contributed by atoms with Gasteiger partial charge in [-0.1, -0.05) is 12.1 Å². The number of carbonyl (C=O) groups excluding carboxylic acids is 1. The molecule has 1 atom stereocenters. The van der Waals surface area contributed by atoms with Gasteiger partial charge in [-0.05, 0) is 57.2 Å². The second kappa shape index (κ2) is 9.45. The SMILES string of the molecule is CCOc1ccc(N(C(C)C(=O)Nc2ccccc2OCC)S(C)(=O)=O)cc1. The number of hydrogen-bond donors (Lipinski definition) is 1. The topological polar surface area (TPSA) is 84.9 Å². The second-order valence-electron chi connectivity index (χ2n) is 6.08. The third kappa shape index (κ3) is 5.39. The van der Waals surface area contributed by atoms with Crippen molar-refractivity contribution in [2.45, 2.75) is 26.8 Å². The molecule has 0 fully saturated rings. The van der Waals surface area contributed by atoms with Gasteiger partial charge in [0, 0.05) is 0 Å². The van der Waals surface area contributed by atoms with Crippen LogP contribution < -0.4 is 19.1 Å². The molecule has 0 aliphatic rings. The highest BCUT2D eigenvalue weighted by Gasteiger charge is 2.29. The average molecular weight is 407 g/mol. The van der Waals surface area contributed by atoms with E-state index in [0.717, 1.165) is 10.6 Å². The minimum atomic E-state index is -3.70. The third-order valence-corrected chi connectivity index (χ3v) is 5.18.